The lowest BCUT2D eigenvalue weighted by Crippen LogP contribution is -2.38. The largest absolute Gasteiger partial charge is 0.357 e. The van der Waals surface area contributed by atoms with E-state index in [0.29, 0.717) is 12.5 Å². The van der Waals surface area contributed by atoms with Crippen molar-refractivity contribution < 1.29 is 0 Å². The van der Waals surface area contributed by atoms with Gasteiger partial charge in [0.05, 0.1) is 11.6 Å². The first-order valence-electron chi connectivity index (χ1n) is 8.70. The second-order valence-electron chi connectivity index (χ2n) is 6.68. The van der Waals surface area contributed by atoms with Crippen molar-refractivity contribution in [2.75, 3.05) is 13.6 Å². The van der Waals surface area contributed by atoms with Gasteiger partial charge < -0.3 is 19.4 Å². The molecule has 138 valence electrons. The molecule has 25 heavy (non-hydrogen) atoms. The standard InChI is InChI=1S/C18H29ClN6/c1-6-20-18(24(5)13-16-9-15(19)12-23(16)4)22-10-17-21-7-8-25(17)11-14(2)3/h7-9,12,14H,6,10-11,13H2,1-5H3,(H,20,22). The fourth-order valence-electron chi connectivity index (χ4n) is 2.71. The molecule has 1 N–H and O–H groups in total. The van der Waals surface area contributed by atoms with Crippen LogP contribution in [0.3, 0.4) is 0 Å². The number of aromatic nitrogens is 3. The molecular weight excluding hydrogens is 336 g/mol. The third kappa shape index (κ3) is 5.53. The summed E-state index contributed by atoms with van der Waals surface area (Å²) >= 11 is 6.08. The minimum atomic E-state index is 0.556. The van der Waals surface area contributed by atoms with Gasteiger partial charge in [-0.05, 0) is 18.9 Å². The zero-order valence-electron chi connectivity index (χ0n) is 15.8. The van der Waals surface area contributed by atoms with E-state index in [9.17, 15) is 0 Å². The average molecular weight is 365 g/mol. The topological polar surface area (TPSA) is 50.4 Å². The van der Waals surface area contributed by atoms with E-state index in [2.05, 4.69) is 40.5 Å². The third-order valence-corrected chi connectivity index (χ3v) is 4.11. The molecule has 0 aliphatic carbocycles. The van der Waals surface area contributed by atoms with Crippen molar-refractivity contribution in [2.45, 2.75) is 40.4 Å². The number of imidazole rings is 1. The number of nitrogens with one attached hydrogen (secondary N) is 1. The summed E-state index contributed by atoms with van der Waals surface area (Å²) < 4.78 is 4.21. The van der Waals surface area contributed by atoms with Crippen molar-refractivity contribution >= 4 is 17.6 Å². The van der Waals surface area contributed by atoms with E-state index in [1.807, 2.05) is 43.3 Å². The normalized spacial score (nSPS) is 12.0. The lowest BCUT2D eigenvalue weighted by Gasteiger charge is -2.22. The van der Waals surface area contributed by atoms with Gasteiger partial charge in [-0.3, -0.25) is 0 Å². The van der Waals surface area contributed by atoms with E-state index in [1.54, 1.807) is 0 Å². The van der Waals surface area contributed by atoms with Crippen LogP contribution in [0.5, 0.6) is 0 Å². The maximum absolute atomic E-state index is 6.08. The lowest BCUT2D eigenvalue weighted by atomic mass is 10.2. The van der Waals surface area contributed by atoms with E-state index in [4.69, 9.17) is 16.6 Å². The second-order valence-corrected chi connectivity index (χ2v) is 7.11. The molecule has 0 aliphatic heterocycles. The molecule has 0 amide bonds. The van der Waals surface area contributed by atoms with Crippen LogP contribution < -0.4 is 5.32 Å². The first kappa shape index (κ1) is 19.4. The van der Waals surface area contributed by atoms with Crippen molar-refractivity contribution in [3.05, 3.63) is 41.2 Å². The van der Waals surface area contributed by atoms with Crippen LogP contribution in [-0.4, -0.2) is 38.6 Å². The Labute approximate surface area is 155 Å². The molecule has 0 spiro atoms. The van der Waals surface area contributed by atoms with Crippen LogP contribution in [0.1, 0.15) is 32.3 Å². The van der Waals surface area contributed by atoms with Crippen molar-refractivity contribution in [3.63, 3.8) is 0 Å². The van der Waals surface area contributed by atoms with Crippen LogP contribution in [0, 0.1) is 5.92 Å². The number of hydrogen-bond donors (Lipinski definition) is 1. The van der Waals surface area contributed by atoms with Crippen LogP contribution in [0.4, 0.5) is 0 Å². The summed E-state index contributed by atoms with van der Waals surface area (Å²) in [6.45, 7) is 9.54. The first-order valence-corrected chi connectivity index (χ1v) is 9.08. The Hall–Kier alpha value is -1.95. The van der Waals surface area contributed by atoms with Gasteiger partial charge in [-0.25, -0.2) is 9.98 Å². The number of guanidine groups is 1. The summed E-state index contributed by atoms with van der Waals surface area (Å²) in [5.74, 6) is 2.42. The minimum absolute atomic E-state index is 0.556. The Bertz CT molecular complexity index is 700. The molecule has 0 atom stereocenters. The Morgan fingerprint density at radius 1 is 1.44 bits per heavy atom. The summed E-state index contributed by atoms with van der Waals surface area (Å²) in [5.41, 5.74) is 1.14. The number of aryl methyl sites for hydroxylation is 1. The second kappa shape index (κ2) is 8.94. The van der Waals surface area contributed by atoms with Crippen LogP contribution in [0.2, 0.25) is 5.02 Å². The highest BCUT2D eigenvalue weighted by Crippen LogP contribution is 2.14. The van der Waals surface area contributed by atoms with Gasteiger partial charge in [-0.2, -0.15) is 0 Å². The van der Waals surface area contributed by atoms with Gasteiger partial charge in [0.2, 0.25) is 0 Å². The van der Waals surface area contributed by atoms with E-state index >= 15 is 0 Å². The van der Waals surface area contributed by atoms with Crippen molar-refractivity contribution in [1.29, 1.82) is 0 Å². The van der Waals surface area contributed by atoms with Gasteiger partial charge in [0.25, 0.3) is 0 Å². The molecule has 0 saturated heterocycles. The Morgan fingerprint density at radius 3 is 2.80 bits per heavy atom. The quantitative estimate of drug-likeness (QED) is 0.606. The summed E-state index contributed by atoms with van der Waals surface area (Å²) in [6.07, 6.45) is 5.78. The molecule has 0 saturated carbocycles. The van der Waals surface area contributed by atoms with Crippen LogP contribution >= 0.6 is 11.6 Å². The number of aliphatic imine (C=N–C) groups is 1. The average Bonchev–Trinajstić information content (AvgIpc) is 3.09. The first-order chi connectivity index (χ1) is 11.9. The summed E-state index contributed by atoms with van der Waals surface area (Å²) in [6, 6.07) is 1.98. The molecule has 0 fully saturated rings. The van der Waals surface area contributed by atoms with Gasteiger partial charge in [0, 0.05) is 51.5 Å². The summed E-state index contributed by atoms with van der Waals surface area (Å²) in [5, 5.41) is 4.10. The molecular formula is C18H29ClN6. The molecule has 2 aromatic heterocycles. The molecule has 0 aliphatic rings. The van der Waals surface area contributed by atoms with E-state index < -0.39 is 0 Å². The molecule has 0 aromatic carbocycles. The van der Waals surface area contributed by atoms with E-state index in [1.165, 1.54) is 0 Å². The number of halogens is 1. The Balaban J connectivity index is 2.09. The summed E-state index contributed by atoms with van der Waals surface area (Å²) in [7, 11) is 4.03. The fraction of sp³-hybridized carbons (Fsp3) is 0.556. The zero-order chi connectivity index (χ0) is 18.4. The molecule has 0 unspecified atom stereocenters. The summed E-state index contributed by atoms with van der Waals surface area (Å²) in [4.78, 5) is 11.3. The highest BCUT2D eigenvalue weighted by molar-refractivity contribution is 6.30. The van der Waals surface area contributed by atoms with Gasteiger partial charge in [-0.1, -0.05) is 25.4 Å². The van der Waals surface area contributed by atoms with E-state index in [0.717, 1.165) is 42.1 Å². The monoisotopic (exact) mass is 364 g/mol. The van der Waals surface area contributed by atoms with Crippen LogP contribution in [-0.2, 0) is 26.7 Å². The molecule has 2 aromatic rings. The predicted molar refractivity (Wildman–Crippen MR) is 104 cm³/mol. The van der Waals surface area contributed by atoms with Gasteiger partial charge in [0.1, 0.15) is 12.4 Å². The molecule has 7 heteroatoms. The van der Waals surface area contributed by atoms with Crippen molar-refractivity contribution in [3.8, 4) is 0 Å². The van der Waals surface area contributed by atoms with Crippen LogP contribution in [0.15, 0.2) is 29.6 Å². The van der Waals surface area contributed by atoms with Crippen molar-refractivity contribution in [1.82, 2.24) is 24.3 Å². The highest BCUT2D eigenvalue weighted by atomic mass is 35.5. The van der Waals surface area contributed by atoms with Gasteiger partial charge in [-0.15, -0.1) is 0 Å². The third-order valence-electron chi connectivity index (χ3n) is 3.90. The molecule has 0 radical (unpaired) electrons. The van der Waals surface area contributed by atoms with E-state index in [-0.39, 0.29) is 0 Å². The highest BCUT2D eigenvalue weighted by Gasteiger charge is 2.11. The zero-order valence-corrected chi connectivity index (χ0v) is 16.6. The van der Waals surface area contributed by atoms with Crippen molar-refractivity contribution in [2.24, 2.45) is 18.0 Å². The van der Waals surface area contributed by atoms with Gasteiger partial charge in [0.15, 0.2) is 5.96 Å². The number of rotatable bonds is 7. The Kier molecular flexibility index (Phi) is 6.93. The lowest BCUT2D eigenvalue weighted by molar-refractivity contribution is 0.460. The predicted octanol–water partition coefficient (Wildman–Crippen LogP) is 3.13. The molecule has 0 bridgehead atoms. The smallest absolute Gasteiger partial charge is 0.194 e. The van der Waals surface area contributed by atoms with Crippen LogP contribution in [0.25, 0.3) is 0 Å². The molecule has 2 heterocycles. The molecule has 2 rings (SSSR count). The van der Waals surface area contributed by atoms with Gasteiger partial charge >= 0.3 is 0 Å². The fourth-order valence-corrected chi connectivity index (χ4v) is 2.98. The maximum atomic E-state index is 6.08. The minimum Gasteiger partial charge on any atom is -0.357 e. The SMILES string of the molecule is CCNC(=NCc1nccn1CC(C)C)N(C)Cc1cc(Cl)cn1C. The molecule has 6 nitrogen and oxygen atoms in total. The number of hydrogen-bond acceptors (Lipinski definition) is 2. The maximum Gasteiger partial charge on any atom is 0.194 e. The Morgan fingerprint density at radius 2 is 2.20 bits per heavy atom. The number of nitrogens with zero attached hydrogens (tertiary/aromatic N) is 5.